The van der Waals surface area contributed by atoms with Gasteiger partial charge in [-0.05, 0) is 74.7 Å². The number of methoxy groups -OCH3 is 1. The predicted octanol–water partition coefficient (Wildman–Crippen LogP) is 3.21. The quantitative estimate of drug-likeness (QED) is 0.416. The molecule has 2 rings (SSSR count). The fraction of sp³-hybridized carbons (Fsp3) is 0.333. The minimum Gasteiger partial charge on any atom is -0.383 e. The highest BCUT2D eigenvalue weighted by atomic mass is 127. The Morgan fingerprint density at radius 2 is 1.52 bits per heavy atom. The fourth-order valence-electron chi connectivity index (χ4n) is 1.27. The molecule has 0 radical (unpaired) electrons. The molecule has 6 nitrogen and oxygen atoms in total. The largest absolute Gasteiger partial charge is 0.383 e. The van der Waals surface area contributed by atoms with Crippen LogP contribution in [0, 0.1) is 11.1 Å². The molecule has 2 aromatic heterocycles. The zero-order chi connectivity index (χ0) is 15.7. The summed E-state index contributed by atoms with van der Waals surface area (Å²) in [5, 5.41) is 3.20. The maximum absolute atomic E-state index is 5.00. The second kappa shape index (κ2) is 10.8. The minimum atomic E-state index is 0.260. The molecule has 2 heterocycles. The van der Waals surface area contributed by atoms with E-state index in [0.29, 0.717) is 6.61 Å². The minimum absolute atomic E-state index is 0.260. The first-order chi connectivity index (χ1) is 10.0. The number of anilines is 1. The van der Waals surface area contributed by atoms with Crippen LogP contribution in [0.1, 0.15) is 6.92 Å². The van der Waals surface area contributed by atoms with Crippen molar-refractivity contribution in [2.45, 2.75) is 13.0 Å². The van der Waals surface area contributed by atoms with E-state index >= 15 is 0 Å². The van der Waals surface area contributed by atoms with E-state index in [9.17, 15) is 0 Å². The van der Waals surface area contributed by atoms with Crippen molar-refractivity contribution in [3.05, 3.63) is 35.9 Å². The maximum Gasteiger partial charge on any atom is 0.130 e. The molecule has 0 aliphatic rings. The van der Waals surface area contributed by atoms with E-state index in [1.54, 1.807) is 19.8 Å². The maximum atomic E-state index is 5.00. The lowest BCUT2D eigenvalue weighted by atomic mass is 10.3. The van der Waals surface area contributed by atoms with Crippen LogP contribution in [-0.2, 0) is 4.74 Å². The average molecular weight is 625 g/mol. The molecule has 9 heteroatoms. The first-order valence-electron chi connectivity index (χ1n) is 5.87. The standard InChI is InChI=1S/C8H12IN3O.C4H2I2N2/c1-6(4-13-2)12-8-3-7(9)10-5-11-8;5-3-1-4(6)8-2-7-3/h3,5-6H,4H2,1-2H3,(H,10,11,12);1-2H. The third-order valence-corrected chi connectivity index (χ3v) is 3.81. The zero-order valence-electron chi connectivity index (χ0n) is 11.4. The number of nitrogens with zero attached hydrogens (tertiary/aromatic N) is 4. The molecule has 1 N–H and O–H groups in total. The van der Waals surface area contributed by atoms with Gasteiger partial charge in [-0.1, -0.05) is 0 Å². The van der Waals surface area contributed by atoms with Crippen molar-refractivity contribution in [3.8, 4) is 0 Å². The number of rotatable bonds is 4. The van der Waals surface area contributed by atoms with Crippen LogP contribution < -0.4 is 5.32 Å². The normalized spacial score (nSPS) is 11.3. The SMILES string of the molecule is COCC(C)Nc1cc(I)ncn1.Ic1cc(I)ncn1. The lowest BCUT2D eigenvalue weighted by molar-refractivity contribution is 0.190. The summed E-state index contributed by atoms with van der Waals surface area (Å²) < 4.78 is 7.90. The van der Waals surface area contributed by atoms with Crippen LogP contribution in [0.15, 0.2) is 24.8 Å². The van der Waals surface area contributed by atoms with Gasteiger partial charge in [0.2, 0.25) is 0 Å². The molecular formula is C12H14I3N5O. The molecule has 0 aliphatic carbocycles. The Kier molecular flexibility index (Phi) is 9.83. The Labute approximate surface area is 164 Å². The van der Waals surface area contributed by atoms with Crippen molar-refractivity contribution >= 4 is 73.6 Å². The number of ether oxygens (including phenoxy) is 1. The van der Waals surface area contributed by atoms with Crippen molar-refractivity contribution in [1.29, 1.82) is 0 Å². The molecule has 0 bridgehead atoms. The summed E-state index contributed by atoms with van der Waals surface area (Å²) in [5.41, 5.74) is 0. The van der Waals surface area contributed by atoms with Crippen LogP contribution in [0.2, 0.25) is 0 Å². The summed E-state index contributed by atoms with van der Waals surface area (Å²) in [4.78, 5) is 15.9. The van der Waals surface area contributed by atoms with Crippen LogP contribution in [-0.4, -0.2) is 39.7 Å². The highest BCUT2D eigenvalue weighted by Gasteiger charge is 2.02. The molecule has 114 valence electrons. The van der Waals surface area contributed by atoms with E-state index in [-0.39, 0.29) is 6.04 Å². The number of halogens is 3. The second-order valence-corrected chi connectivity index (χ2v) is 7.21. The van der Waals surface area contributed by atoms with Crippen LogP contribution in [0.25, 0.3) is 0 Å². The van der Waals surface area contributed by atoms with Gasteiger partial charge in [0.15, 0.2) is 0 Å². The van der Waals surface area contributed by atoms with E-state index in [1.807, 2.05) is 19.1 Å². The summed E-state index contributed by atoms with van der Waals surface area (Å²) in [6.07, 6.45) is 3.10. The molecule has 0 spiro atoms. The third kappa shape index (κ3) is 8.97. The molecule has 0 fully saturated rings. The summed E-state index contributed by atoms with van der Waals surface area (Å²) in [6, 6.07) is 4.07. The van der Waals surface area contributed by atoms with Crippen LogP contribution >= 0.6 is 67.8 Å². The fourth-order valence-corrected chi connectivity index (χ4v) is 3.12. The highest BCUT2D eigenvalue weighted by molar-refractivity contribution is 14.1. The Bertz CT molecular complexity index is 541. The van der Waals surface area contributed by atoms with E-state index in [1.165, 1.54) is 0 Å². The van der Waals surface area contributed by atoms with Gasteiger partial charge in [-0.3, -0.25) is 0 Å². The van der Waals surface area contributed by atoms with Gasteiger partial charge >= 0.3 is 0 Å². The molecule has 21 heavy (non-hydrogen) atoms. The molecule has 1 atom stereocenters. The molecule has 0 aliphatic heterocycles. The Morgan fingerprint density at radius 1 is 1.00 bits per heavy atom. The van der Waals surface area contributed by atoms with Gasteiger partial charge < -0.3 is 10.1 Å². The molecular weight excluding hydrogens is 611 g/mol. The lowest BCUT2D eigenvalue weighted by Crippen LogP contribution is -2.21. The van der Waals surface area contributed by atoms with E-state index in [4.69, 9.17) is 4.74 Å². The molecule has 0 saturated carbocycles. The molecule has 0 aromatic carbocycles. The van der Waals surface area contributed by atoms with Gasteiger partial charge in [-0.15, -0.1) is 0 Å². The van der Waals surface area contributed by atoms with Crippen LogP contribution in [0.4, 0.5) is 5.82 Å². The van der Waals surface area contributed by atoms with Gasteiger partial charge in [0, 0.05) is 25.3 Å². The van der Waals surface area contributed by atoms with Crippen molar-refractivity contribution in [2.75, 3.05) is 19.0 Å². The van der Waals surface area contributed by atoms with Gasteiger partial charge in [0.1, 0.15) is 29.6 Å². The lowest BCUT2D eigenvalue weighted by Gasteiger charge is -2.12. The van der Waals surface area contributed by atoms with Crippen molar-refractivity contribution in [1.82, 2.24) is 19.9 Å². The Morgan fingerprint density at radius 3 is 1.95 bits per heavy atom. The molecule has 2 aromatic rings. The van der Waals surface area contributed by atoms with Crippen molar-refractivity contribution in [2.24, 2.45) is 0 Å². The Hall–Kier alpha value is 0.110. The second-order valence-electron chi connectivity index (χ2n) is 3.89. The third-order valence-electron chi connectivity index (χ3n) is 2.04. The summed E-state index contributed by atoms with van der Waals surface area (Å²) >= 11 is 6.45. The summed E-state index contributed by atoms with van der Waals surface area (Å²) in [7, 11) is 1.68. The van der Waals surface area contributed by atoms with Gasteiger partial charge in [-0.25, -0.2) is 19.9 Å². The first kappa shape index (κ1) is 19.2. The van der Waals surface area contributed by atoms with Crippen LogP contribution in [0.5, 0.6) is 0 Å². The van der Waals surface area contributed by atoms with Crippen molar-refractivity contribution < 1.29 is 4.74 Å². The smallest absolute Gasteiger partial charge is 0.130 e. The number of aromatic nitrogens is 4. The molecule has 0 amide bonds. The monoisotopic (exact) mass is 625 g/mol. The molecule has 0 saturated heterocycles. The number of hydrogen-bond acceptors (Lipinski definition) is 6. The van der Waals surface area contributed by atoms with E-state index in [0.717, 1.165) is 16.9 Å². The van der Waals surface area contributed by atoms with Gasteiger partial charge in [-0.2, -0.15) is 0 Å². The van der Waals surface area contributed by atoms with Crippen molar-refractivity contribution in [3.63, 3.8) is 0 Å². The van der Waals surface area contributed by atoms with E-state index < -0.39 is 0 Å². The molecule has 1 unspecified atom stereocenters. The predicted molar refractivity (Wildman–Crippen MR) is 107 cm³/mol. The zero-order valence-corrected chi connectivity index (χ0v) is 17.9. The number of hydrogen-bond donors (Lipinski definition) is 1. The number of nitrogens with one attached hydrogen (secondary N) is 1. The first-order valence-corrected chi connectivity index (χ1v) is 9.11. The summed E-state index contributed by atoms with van der Waals surface area (Å²) in [5.74, 6) is 0.837. The summed E-state index contributed by atoms with van der Waals surface area (Å²) in [6.45, 7) is 2.71. The topological polar surface area (TPSA) is 72.8 Å². The average Bonchev–Trinajstić information content (AvgIpc) is 2.39. The van der Waals surface area contributed by atoms with Crippen LogP contribution in [0.3, 0.4) is 0 Å². The van der Waals surface area contributed by atoms with Gasteiger partial charge in [0.05, 0.1) is 6.61 Å². The highest BCUT2D eigenvalue weighted by Crippen LogP contribution is 2.07. The van der Waals surface area contributed by atoms with Gasteiger partial charge in [0.25, 0.3) is 0 Å². The Balaban J connectivity index is 0.000000235. The van der Waals surface area contributed by atoms with E-state index in [2.05, 4.69) is 93.0 Å².